The molecule has 1 aromatic heterocycles. The van der Waals surface area contributed by atoms with Gasteiger partial charge in [-0.3, -0.25) is 4.79 Å². The van der Waals surface area contributed by atoms with Gasteiger partial charge in [-0.15, -0.1) is 6.42 Å². The number of carbonyl (C=O) groups excluding carboxylic acids is 1. The number of nitrogens with zero attached hydrogens (tertiary/aromatic N) is 2. The number of hydrogen-bond donors (Lipinski definition) is 1. The number of halogens is 1. The fourth-order valence-electron chi connectivity index (χ4n) is 2.86. The molecule has 1 aliphatic heterocycles. The maximum Gasteiger partial charge on any atom is 0.253 e. The van der Waals surface area contributed by atoms with Crippen LogP contribution in [0.15, 0.2) is 42.6 Å². The Morgan fingerprint density at radius 1 is 1.31 bits per heavy atom. The summed E-state index contributed by atoms with van der Waals surface area (Å²) in [5, 5.41) is 3.26. The highest BCUT2D eigenvalue weighted by molar-refractivity contribution is 6.32. The molecule has 3 rings (SSSR count). The van der Waals surface area contributed by atoms with Crippen molar-refractivity contribution in [2.45, 2.75) is 18.9 Å². The SMILES string of the molecule is C#CCNC(=O)c1ccc(N2CCC(Oc3ccccc3Cl)CC2)nc1. The average molecular weight is 370 g/mol. The standard InChI is InChI=1S/C20H20ClN3O2/c1-2-11-22-20(25)15-7-8-19(23-14-15)24-12-9-16(10-13-24)26-18-6-4-3-5-17(18)21/h1,3-8,14,16H,9-13H2,(H,22,25). The summed E-state index contributed by atoms with van der Waals surface area (Å²) in [5.41, 5.74) is 0.501. The number of benzene rings is 1. The van der Waals surface area contributed by atoms with E-state index >= 15 is 0 Å². The van der Waals surface area contributed by atoms with Gasteiger partial charge < -0.3 is 15.0 Å². The highest BCUT2D eigenvalue weighted by atomic mass is 35.5. The van der Waals surface area contributed by atoms with Gasteiger partial charge >= 0.3 is 0 Å². The Balaban J connectivity index is 1.54. The zero-order chi connectivity index (χ0) is 18.4. The molecule has 1 fully saturated rings. The van der Waals surface area contributed by atoms with E-state index in [0.717, 1.165) is 37.5 Å². The second-order valence-electron chi connectivity index (χ2n) is 6.03. The summed E-state index contributed by atoms with van der Waals surface area (Å²) in [7, 11) is 0. The lowest BCUT2D eigenvalue weighted by molar-refractivity contribution is 0.0958. The Hall–Kier alpha value is -2.71. The number of para-hydroxylation sites is 1. The van der Waals surface area contributed by atoms with E-state index in [2.05, 4.69) is 21.1 Å². The second kappa shape index (κ2) is 8.59. The Kier molecular flexibility index (Phi) is 5.98. The molecule has 0 spiro atoms. The predicted molar refractivity (Wildman–Crippen MR) is 103 cm³/mol. The first-order valence-electron chi connectivity index (χ1n) is 8.51. The highest BCUT2D eigenvalue weighted by Crippen LogP contribution is 2.27. The zero-order valence-electron chi connectivity index (χ0n) is 14.3. The van der Waals surface area contributed by atoms with Crippen molar-refractivity contribution in [2.75, 3.05) is 24.5 Å². The molecule has 26 heavy (non-hydrogen) atoms. The molecule has 0 bridgehead atoms. The van der Waals surface area contributed by atoms with Crippen LogP contribution in [0, 0.1) is 12.3 Å². The van der Waals surface area contributed by atoms with E-state index in [9.17, 15) is 4.79 Å². The minimum absolute atomic E-state index is 0.139. The van der Waals surface area contributed by atoms with Gasteiger partial charge in [-0.05, 0) is 24.3 Å². The molecule has 1 aromatic carbocycles. The van der Waals surface area contributed by atoms with E-state index in [1.165, 1.54) is 0 Å². The Morgan fingerprint density at radius 2 is 2.08 bits per heavy atom. The molecular formula is C20H20ClN3O2. The van der Waals surface area contributed by atoms with Crippen molar-refractivity contribution in [1.82, 2.24) is 10.3 Å². The van der Waals surface area contributed by atoms with Gasteiger partial charge in [-0.2, -0.15) is 0 Å². The van der Waals surface area contributed by atoms with Crippen LogP contribution in [0.4, 0.5) is 5.82 Å². The third-order valence-corrected chi connectivity index (χ3v) is 4.57. The molecule has 1 amide bonds. The number of anilines is 1. The van der Waals surface area contributed by atoms with E-state index in [1.54, 1.807) is 12.3 Å². The summed E-state index contributed by atoms with van der Waals surface area (Å²) in [6.07, 6.45) is 8.63. The van der Waals surface area contributed by atoms with Crippen LogP contribution in [-0.2, 0) is 0 Å². The summed E-state index contributed by atoms with van der Waals surface area (Å²) >= 11 is 6.15. The van der Waals surface area contributed by atoms with Crippen LogP contribution >= 0.6 is 11.6 Å². The summed E-state index contributed by atoms with van der Waals surface area (Å²) in [5.74, 6) is 3.75. The second-order valence-corrected chi connectivity index (χ2v) is 6.43. The van der Waals surface area contributed by atoms with Gasteiger partial charge in [-0.1, -0.05) is 29.7 Å². The fraction of sp³-hybridized carbons (Fsp3) is 0.300. The van der Waals surface area contributed by atoms with Crippen molar-refractivity contribution >= 4 is 23.3 Å². The summed E-state index contributed by atoms with van der Waals surface area (Å²) in [6.45, 7) is 1.88. The molecule has 0 saturated carbocycles. The van der Waals surface area contributed by atoms with Crippen molar-refractivity contribution in [3.63, 3.8) is 0 Å². The Morgan fingerprint density at radius 3 is 2.73 bits per heavy atom. The zero-order valence-corrected chi connectivity index (χ0v) is 15.1. The van der Waals surface area contributed by atoms with E-state index in [-0.39, 0.29) is 18.6 Å². The molecule has 2 heterocycles. The maximum absolute atomic E-state index is 11.8. The van der Waals surface area contributed by atoms with Gasteiger partial charge in [0.15, 0.2) is 0 Å². The number of pyridine rings is 1. The molecule has 134 valence electrons. The first kappa shape index (κ1) is 18.1. The smallest absolute Gasteiger partial charge is 0.253 e. The average Bonchev–Trinajstić information content (AvgIpc) is 2.68. The number of carbonyl (C=O) groups is 1. The van der Waals surface area contributed by atoms with Crippen molar-refractivity contribution in [2.24, 2.45) is 0 Å². The number of rotatable bonds is 5. The summed E-state index contributed by atoms with van der Waals surface area (Å²) in [6, 6.07) is 11.2. The number of piperidine rings is 1. The van der Waals surface area contributed by atoms with Crippen LogP contribution in [0.5, 0.6) is 5.75 Å². The minimum Gasteiger partial charge on any atom is -0.489 e. The molecule has 6 heteroatoms. The first-order valence-corrected chi connectivity index (χ1v) is 8.89. The molecule has 1 N–H and O–H groups in total. The molecule has 1 aliphatic rings. The Bertz CT molecular complexity index is 793. The third kappa shape index (κ3) is 4.47. The van der Waals surface area contributed by atoms with Crippen molar-refractivity contribution in [1.29, 1.82) is 0 Å². The molecular weight excluding hydrogens is 350 g/mol. The Labute approximate surface area is 158 Å². The van der Waals surface area contributed by atoms with Gasteiger partial charge in [0.05, 0.1) is 17.1 Å². The minimum atomic E-state index is -0.214. The molecule has 0 atom stereocenters. The summed E-state index contributed by atoms with van der Waals surface area (Å²) < 4.78 is 6.01. The van der Waals surface area contributed by atoms with Gasteiger partial charge in [0.1, 0.15) is 17.7 Å². The topological polar surface area (TPSA) is 54.5 Å². The normalized spacial score (nSPS) is 14.5. The van der Waals surface area contributed by atoms with Crippen LogP contribution in [-0.4, -0.2) is 36.6 Å². The molecule has 1 saturated heterocycles. The van der Waals surface area contributed by atoms with E-state index in [1.807, 2.05) is 30.3 Å². The van der Waals surface area contributed by atoms with Crippen molar-refractivity contribution < 1.29 is 9.53 Å². The van der Waals surface area contributed by atoms with Crippen molar-refractivity contribution in [3.05, 3.63) is 53.2 Å². The van der Waals surface area contributed by atoms with E-state index in [0.29, 0.717) is 10.6 Å². The van der Waals surface area contributed by atoms with Crippen LogP contribution in [0.3, 0.4) is 0 Å². The molecule has 0 aliphatic carbocycles. The molecule has 0 unspecified atom stereocenters. The number of aromatic nitrogens is 1. The lowest BCUT2D eigenvalue weighted by Crippen LogP contribution is -2.38. The number of hydrogen-bond acceptors (Lipinski definition) is 4. The lowest BCUT2D eigenvalue weighted by atomic mass is 10.1. The fourth-order valence-corrected chi connectivity index (χ4v) is 3.04. The number of terminal acetylenes is 1. The highest BCUT2D eigenvalue weighted by Gasteiger charge is 2.22. The van der Waals surface area contributed by atoms with E-state index in [4.69, 9.17) is 22.8 Å². The monoisotopic (exact) mass is 369 g/mol. The van der Waals surface area contributed by atoms with Crippen LogP contribution in [0.2, 0.25) is 5.02 Å². The largest absolute Gasteiger partial charge is 0.489 e. The van der Waals surface area contributed by atoms with Gasteiger partial charge in [0.25, 0.3) is 5.91 Å². The van der Waals surface area contributed by atoms with Crippen LogP contribution in [0.1, 0.15) is 23.2 Å². The molecule has 0 radical (unpaired) electrons. The number of nitrogens with one attached hydrogen (secondary N) is 1. The van der Waals surface area contributed by atoms with Crippen molar-refractivity contribution in [3.8, 4) is 18.1 Å². The number of ether oxygens (including phenoxy) is 1. The molecule has 2 aromatic rings. The van der Waals surface area contributed by atoms with Crippen LogP contribution in [0.25, 0.3) is 0 Å². The number of amides is 1. The van der Waals surface area contributed by atoms with Gasteiger partial charge in [0.2, 0.25) is 0 Å². The third-order valence-electron chi connectivity index (χ3n) is 4.26. The van der Waals surface area contributed by atoms with Gasteiger partial charge in [0, 0.05) is 32.1 Å². The maximum atomic E-state index is 11.8. The van der Waals surface area contributed by atoms with Crippen LogP contribution < -0.4 is 15.0 Å². The predicted octanol–water partition coefficient (Wildman–Crippen LogP) is 3.15. The quantitative estimate of drug-likeness (QED) is 0.823. The van der Waals surface area contributed by atoms with Gasteiger partial charge in [-0.25, -0.2) is 4.98 Å². The lowest BCUT2D eigenvalue weighted by Gasteiger charge is -2.33. The van der Waals surface area contributed by atoms with E-state index < -0.39 is 0 Å². The first-order chi connectivity index (χ1) is 12.7. The molecule has 5 nitrogen and oxygen atoms in total. The summed E-state index contributed by atoms with van der Waals surface area (Å²) in [4.78, 5) is 18.4.